The quantitative estimate of drug-likeness (QED) is 0.383. The van der Waals surface area contributed by atoms with Crippen LogP contribution in [0.25, 0.3) is 10.8 Å². The van der Waals surface area contributed by atoms with Crippen LogP contribution in [0, 0.1) is 0 Å². The van der Waals surface area contributed by atoms with Crippen molar-refractivity contribution in [3.8, 4) is 11.5 Å². The first-order valence-electron chi connectivity index (χ1n) is 6.55. The van der Waals surface area contributed by atoms with Crippen LogP contribution in [0.4, 0.5) is 5.82 Å². The number of ether oxygens (including phenoxy) is 2. The molecule has 3 N–H and O–H groups in total. The molecule has 2 aromatic rings. The molecule has 0 radical (unpaired) electrons. The molecule has 21 heavy (non-hydrogen) atoms. The van der Waals surface area contributed by atoms with E-state index in [2.05, 4.69) is 10.1 Å². The number of oxime groups is 1. The Morgan fingerprint density at radius 1 is 1.43 bits per heavy atom. The first-order valence-corrected chi connectivity index (χ1v) is 6.55. The van der Waals surface area contributed by atoms with Crippen molar-refractivity contribution in [1.82, 2.24) is 4.98 Å². The summed E-state index contributed by atoms with van der Waals surface area (Å²) >= 11 is 0. The summed E-state index contributed by atoms with van der Waals surface area (Å²) in [7, 11) is 1.91. The Morgan fingerprint density at radius 2 is 2.19 bits per heavy atom. The third-order valence-electron chi connectivity index (χ3n) is 3.43. The highest BCUT2D eigenvalue weighted by molar-refractivity contribution is 5.94. The second-order valence-electron chi connectivity index (χ2n) is 4.82. The summed E-state index contributed by atoms with van der Waals surface area (Å²) in [5.74, 6) is 2.48. The summed E-state index contributed by atoms with van der Waals surface area (Å²) < 4.78 is 10.8. The van der Waals surface area contributed by atoms with Gasteiger partial charge in [0.05, 0.1) is 0 Å². The van der Waals surface area contributed by atoms with Gasteiger partial charge in [-0.25, -0.2) is 4.98 Å². The van der Waals surface area contributed by atoms with E-state index in [1.54, 1.807) is 6.20 Å². The molecule has 0 aliphatic carbocycles. The third-order valence-corrected chi connectivity index (χ3v) is 3.43. The summed E-state index contributed by atoms with van der Waals surface area (Å²) in [6, 6.07) is 5.80. The Hall–Kier alpha value is -2.70. The molecule has 110 valence electrons. The van der Waals surface area contributed by atoms with Crippen molar-refractivity contribution in [2.24, 2.45) is 10.9 Å². The standard InChI is InChI=1S/C14H16N4O3/c1-18(5-3-13(15)17-19)14-10-7-12-11(20-8-21-12)6-9(10)2-4-16-14/h2,4,6-7,19H,3,5,8H2,1H3,(H2,15,17). The van der Waals surface area contributed by atoms with Crippen LogP contribution < -0.4 is 20.1 Å². The zero-order valence-electron chi connectivity index (χ0n) is 11.6. The van der Waals surface area contributed by atoms with Gasteiger partial charge in [-0.1, -0.05) is 5.16 Å². The maximum absolute atomic E-state index is 8.59. The molecule has 0 saturated heterocycles. The number of hydrogen-bond donors (Lipinski definition) is 2. The molecule has 0 bridgehead atoms. The van der Waals surface area contributed by atoms with Crippen LogP contribution in [0.1, 0.15) is 6.42 Å². The number of amidine groups is 1. The number of nitrogens with zero attached hydrogens (tertiary/aromatic N) is 3. The number of fused-ring (bicyclic) bond motifs is 2. The van der Waals surface area contributed by atoms with Crippen molar-refractivity contribution in [2.45, 2.75) is 6.42 Å². The van der Waals surface area contributed by atoms with Crippen LogP contribution in [0.3, 0.4) is 0 Å². The van der Waals surface area contributed by atoms with Gasteiger partial charge in [0.2, 0.25) is 6.79 Å². The summed E-state index contributed by atoms with van der Waals surface area (Å²) in [6.45, 7) is 0.838. The van der Waals surface area contributed by atoms with Gasteiger partial charge >= 0.3 is 0 Å². The number of benzene rings is 1. The van der Waals surface area contributed by atoms with Gasteiger partial charge in [0.15, 0.2) is 11.5 Å². The van der Waals surface area contributed by atoms with E-state index in [9.17, 15) is 0 Å². The molecule has 0 spiro atoms. The molecule has 1 aliphatic rings. The smallest absolute Gasteiger partial charge is 0.231 e. The molecule has 2 heterocycles. The van der Waals surface area contributed by atoms with Crippen LogP contribution in [-0.2, 0) is 0 Å². The molecule has 0 saturated carbocycles. The Kier molecular flexibility index (Phi) is 3.39. The van der Waals surface area contributed by atoms with Gasteiger partial charge in [-0.05, 0) is 23.6 Å². The fraction of sp³-hybridized carbons (Fsp3) is 0.286. The lowest BCUT2D eigenvalue weighted by molar-refractivity contribution is 0.174. The summed E-state index contributed by atoms with van der Waals surface area (Å²) in [4.78, 5) is 6.38. The van der Waals surface area contributed by atoms with E-state index in [1.807, 2.05) is 30.1 Å². The van der Waals surface area contributed by atoms with Crippen molar-refractivity contribution >= 4 is 22.4 Å². The number of aromatic nitrogens is 1. The molecule has 0 unspecified atom stereocenters. The van der Waals surface area contributed by atoms with Gasteiger partial charge in [0.1, 0.15) is 11.7 Å². The van der Waals surface area contributed by atoms with Crippen LogP contribution in [0.2, 0.25) is 0 Å². The second-order valence-corrected chi connectivity index (χ2v) is 4.82. The highest BCUT2D eigenvalue weighted by atomic mass is 16.7. The molecule has 0 amide bonds. The van der Waals surface area contributed by atoms with Gasteiger partial charge in [-0.3, -0.25) is 0 Å². The predicted molar refractivity (Wildman–Crippen MR) is 79.2 cm³/mol. The minimum Gasteiger partial charge on any atom is -0.454 e. The van der Waals surface area contributed by atoms with Crippen molar-refractivity contribution in [2.75, 3.05) is 25.3 Å². The van der Waals surface area contributed by atoms with Crippen molar-refractivity contribution in [1.29, 1.82) is 0 Å². The zero-order valence-corrected chi connectivity index (χ0v) is 11.6. The molecule has 1 aliphatic heterocycles. The average molecular weight is 288 g/mol. The largest absolute Gasteiger partial charge is 0.454 e. The van der Waals surface area contributed by atoms with E-state index in [0.29, 0.717) is 13.0 Å². The first kappa shape index (κ1) is 13.3. The lowest BCUT2D eigenvalue weighted by Gasteiger charge is -2.19. The van der Waals surface area contributed by atoms with E-state index in [1.165, 1.54) is 0 Å². The zero-order chi connectivity index (χ0) is 14.8. The molecule has 1 aromatic carbocycles. The lowest BCUT2D eigenvalue weighted by Crippen LogP contribution is -2.25. The number of nitrogens with two attached hydrogens (primary N) is 1. The fourth-order valence-corrected chi connectivity index (χ4v) is 2.29. The molecule has 1 aromatic heterocycles. The number of hydrogen-bond acceptors (Lipinski definition) is 6. The molecule has 7 nitrogen and oxygen atoms in total. The maximum Gasteiger partial charge on any atom is 0.231 e. The fourth-order valence-electron chi connectivity index (χ4n) is 2.29. The van der Waals surface area contributed by atoms with E-state index in [0.717, 1.165) is 28.1 Å². The average Bonchev–Trinajstić information content (AvgIpc) is 2.96. The van der Waals surface area contributed by atoms with Crippen LogP contribution in [0.15, 0.2) is 29.6 Å². The minimum absolute atomic E-state index is 0.194. The van der Waals surface area contributed by atoms with Crippen LogP contribution in [-0.4, -0.2) is 36.4 Å². The summed E-state index contributed by atoms with van der Waals surface area (Å²) in [5, 5.41) is 13.6. The van der Waals surface area contributed by atoms with Gasteiger partial charge in [-0.2, -0.15) is 0 Å². The van der Waals surface area contributed by atoms with Crippen LogP contribution in [0.5, 0.6) is 11.5 Å². The minimum atomic E-state index is 0.194. The Bertz CT molecular complexity index is 702. The van der Waals surface area contributed by atoms with Crippen molar-refractivity contribution in [3.63, 3.8) is 0 Å². The van der Waals surface area contributed by atoms with E-state index < -0.39 is 0 Å². The van der Waals surface area contributed by atoms with Gasteiger partial charge in [0, 0.05) is 31.6 Å². The van der Waals surface area contributed by atoms with Crippen LogP contribution >= 0.6 is 0 Å². The Morgan fingerprint density at radius 3 is 2.95 bits per heavy atom. The van der Waals surface area contributed by atoms with Crippen molar-refractivity contribution < 1.29 is 14.7 Å². The first-order chi connectivity index (χ1) is 10.2. The predicted octanol–water partition coefficient (Wildman–Crippen LogP) is 1.54. The lowest BCUT2D eigenvalue weighted by atomic mass is 10.1. The number of anilines is 1. The number of pyridine rings is 1. The van der Waals surface area contributed by atoms with E-state index >= 15 is 0 Å². The number of rotatable bonds is 4. The SMILES string of the molecule is CN(CC/C(N)=N/O)c1nccc2cc3c(cc12)OCO3. The summed E-state index contributed by atoms with van der Waals surface area (Å²) in [5.41, 5.74) is 5.50. The van der Waals surface area contributed by atoms with Gasteiger partial charge in [0.25, 0.3) is 0 Å². The van der Waals surface area contributed by atoms with Gasteiger partial charge < -0.3 is 25.3 Å². The highest BCUT2D eigenvalue weighted by Crippen LogP contribution is 2.38. The molecule has 3 rings (SSSR count). The maximum atomic E-state index is 8.59. The van der Waals surface area contributed by atoms with Gasteiger partial charge in [-0.15, -0.1) is 0 Å². The van der Waals surface area contributed by atoms with E-state index in [-0.39, 0.29) is 12.6 Å². The summed E-state index contributed by atoms with van der Waals surface area (Å²) in [6.07, 6.45) is 2.20. The normalized spacial score (nSPS) is 13.7. The Labute approximate surface area is 121 Å². The monoisotopic (exact) mass is 288 g/mol. The highest BCUT2D eigenvalue weighted by Gasteiger charge is 2.17. The van der Waals surface area contributed by atoms with E-state index in [4.69, 9.17) is 20.4 Å². The third kappa shape index (κ3) is 2.49. The molecule has 0 atom stereocenters. The molecule has 0 fully saturated rings. The second kappa shape index (κ2) is 5.35. The topological polar surface area (TPSA) is 93.2 Å². The Balaban J connectivity index is 1.94. The van der Waals surface area contributed by atoms with Crippen molar-refractivity contribution in [3.05, 3.63) is 24.4 Å². The molecular weight excluding hydrogens is 272 g/mol. The molecule has 7 heteroatoms. The molecular formula is C14H16N4O3.